The molecule has 1 atom stereocenters. The molecule has 158 valence electrons. The molecule has 0 spiro atoms. The first-order valence-corrected chi connectivity index (χ1v) is 11.2. The van der Waals surface area contributed by atoms with E-state index < -0.39 is 22.0 Å². The number of carbonyl (C=O) groups excluding carboxylic acids is 1. The number of benzene rings is 2. The maximum absolute atomic E-state index is 12.5. The van der Waals surface area contributed by atoms with Gasteiger partial charge in [0.05, 0.1) is 35.6 Å². The Kier molecular flexibility index (Phi) is 8.01. The highest BCUT2D eigenvalue weighted by molar-refractivity contribution is 7.92. The van der Waals surface area contributed by atoms with Crippen LogP contribution in [0, 0.1) is 0 Å². The molecule has 0 bridgehead atoms. The van der Waals surface area contributed by atoms with Crippen LogP contribution in [0.1, 0.15) is 6.92 Å². The molecule has 0 heterocycles. The highest BCUT2D eigenvalue weighted by Gasteiger charge is 2.29. The summed E-state index contributed by atoms with van der Waals surface area (Å²) in [5.74, 6) is 0.421. The predicted molar refractivity (Wildman–Crippen MR) is 115 cm³/mol. The lowest BCUT2D eigenvalue weighted by Crippen LogP contribution is -2.48. The molecule has 1 unspecified atom stereocenters. The molecule has 0 aliphatic rings. The van der Waals surface area contributed by atoms with Crippen molar-refractivity contribution in [2.75, 3.05) is 30.8 Å². The van der Waals surface area contributed by atoms with Crippen molar-refractivity contribution in [1.82, 2.24) is 5.32 Å². The van der Waals surface area contributed by atoms with Gasteiger partial charge in [-0.1, -0.05) is 35.3 Å². The second-order valence-corrected chi connectivity index (χ2v) is 8.80. The Morgan fingerprint density at radius 3 is 2.41 bits per heavy atom. The molecule has 2 aromatic rings. The van der Waals surface area contributed by atoms with Crippen LogP contribution in [0.2, 0.25) is 10.0 Å². The number of hydrogen-bond acceptors (Lipinski definition) is 5. The molecule has 0 saturated heterocycles. The van der Waals surface area contributed by atoms with Gasteiger partial charge in [0, 0.05) is 0 Å². The minimum absolute atomic E-state index is 0.176. The van der Waals surface area contributed by atoms with Crippen molar-refractivity contribution in [3.8, 4) is 11.5 Å². The lowest BCUT2D eigenvalue weighted by Gasteiger charge is -2.28. The number of para-hydroxylation sites is 1. The number of hydrogen-bond donors (Lipinski definition) is 1. The largest absolute Gasteiger partial charge is 0.495 e. The van der Waals surface area contributed by atoms with E-state index >= 15 is 0 Å². The summed E-state index contributed by atoms with van der Waals surface area (Å²) < 4.78 is 36.3. The molecule has 0 aromatic heterocycles. The van der Waals surface area contributed by atoms with Gasteiger partial charge in [-0.15, -0.1) is 0 Å². The first-order chi connectivity index (χ1) is 13.6. The summed E-state index contributed by atoms with van der Waals surface area (Å²) in [7, 11) is -2.30. The van der Waals surface area contributed by atoms with Crippen LogP contribution in [0.25, 0.3) is 0 Å². The fourth-order valence-corrected chi connectivity index (χ4v) is 4.25. The van der Waals surface area contributed by atoms with Crippen LogP contribution in [-0.4, -0.2) is 46.9 Å². The van der Waals surface area contributed by atoms with Gasteiger partial charge in [-0.3, -0.25) is 9.10 Å². The normalized spacial score (nSPS) is 12.2. The van der Waals surface area contributed by atoms with E-state index in [4.69, 9.17) is 32.7 Å². The van der Waals surface area contributed by atoms with E-state index in [0.717, 1.165) is 10.6 Å². The van der Waals surface area contributed by atoms with Gasteiger partial charge >= 0.3 is 0 Å². The second-order valence-electron chi connectivity index (χ2n) is 6.12. The van der Waals surface area contributed by atoms with Crippen molar-refractivity contribution in [2.45, 2.75) is 13.0 Å². The van der Waals surface area contributed by atoms with Crippen LogP contribution < -0.4 is 19.1 Å². The second kappa shape index (κ2) is 10.0. The average molecular weight is 461 g/mol. The number of amides is 1. The summed E-state index contributed by atoms with van der Waals surface area (Å²) in [5.41, 5.74) is 0.258. The zero-order valence-electron chi connectivity index (χ0n) is 16.2. The van der Waals surface area contributed by atoms with Crippen LogP contribution in [0.15, 0.2) is 42.5 Å². The zero-order valence-corrected chi connectivity index (χ0v) is 18.5. The standard InChI is InChI=1S/C19H22Cl2N2O5S/c1-13(19(24)22-10-11-28-18-7-5-4-6-15(18)20)23(29(3,25)26)14-8-9-17(27-2)16(21)12-14/h4-9,12-13H,10-11H2,1-3H3,(H,22,24). The molecular formula is C19H22Cl2N2O5S. The van der Waals surface area contributed by atoms with Gasteiger partial charge in [0.15, 0.2) is 0 Å². The van der Waals surface area contributed by atoms with Crippen molar-refractivity contribution >= 4 is 44.8 Å². The number of ether oxygens (including phenoxy) is 2. The molecule has 0 aliphatic heterocycles. The van der Waals surface area contributed by atoms with E-state index in [1.807, 2.05) is 0 Å². The third-order valence-electron chi connectivity index (χ3n) is 3.97. The van der Waals surface area contributed by atoms with E-state index in [0.29, 0.717) is 16.5 Å². The molecule has 10 heteroatoms. The summed E-state index contributed by atoms with van der Waals surface area (Å²) in [6.07, 6.45) is 1.02. The quantitative estimate of drug-likeness (QED) is 0.579. The van der Waals surface area contributed by atoms with Gasteiger partial charge in [0.2, 0.25) is 15.9 Å². The number of anilines is 1. The van der Waals surface area contributed by atoms with Gasteiger partial charge in [0.25, 0.3) is 0 Å². The molecule has 0 aliphatic carbocycles. The highest BCUT2D eigenvalue weighted by Crippen LogP contribution is 2.31. The smallest absolute Gasteiger partial charge is 0.243 e. The lowest BCUT2D eigenvalue weighted by atomic mass is 10.2. The van der Waals surface area contributed by atoms with E-state index in [-0.39, 0.29) is 23.9 Å². The number of nitrogens with one attached hydrogen (secondary N) is 1. The van der Waals surface area contributed by atoms with Crippen molar-refractivity contribution < 1.29 is 22.7 Å². The van der Waals surface area contributed by atoms with Crippen molar-refractivity contribution in [3.63, 3.8) is 0 Å². The fraction of sp³-hybridized carbons (Fsp3) is 0.316. The summed E-state index contributed by atoms with van der Waals surface area (Å²) in [4.78, 5) is 12.5. The molecule has 0 fully saturated rings. The summed E-state index contributed by atoms with van der Waals surface area (Å²) in [5, 5.41) is 3.36. The first kappa shape index (κ1) is 23.1. The molecule has 0 saturated carbocycles. The van der Waals surface area contributed by atoms with E-state index in [9.17, 15) is 13.2 Å². The Morgan fingerprint density at radius 2 is 1.83 bits per heavy atom. The van der Waals surface area contributed by atoms with Crippen LogP contribution in [-0.2, 0) is 14.8 Å². The number of sulfonamides is 1. The number of carbonyl (C=O) groups is 1. The summed E-state index contributed by atoms with van der Waals surface area (Å²) >= 11 is 12.1. The molecule has 2 rings (SSSR count). The topological polar surface area (TPSA) is 84.9 Å². The number of methoxy groups -OCH3 is 1. The van der Waals surface area contributed by atoms with Gasteiger partial charge in [-0.05, 0) is 37.3 Å². The fourth-order valence-electron chi connectivity index (χ4n) is 2.65. The molecular weight excluding hydrogens is 439 g/mol. The minimum atomic E-state index is -3.75. The van der Waals surface area contributed by atoms with Gasteiger partial charge < -0.3 is 14.8 Å². The number of rotatable bonds is 9. The molecule has 1 amide bonds. The molecule has 29 heavy (non-hydrogen) atoms. The summed E-state index contributed by atoms with van der Waals surface area (Å²) in [6.45, 7) is 1.84. The maximum atomic E-state index is 12.5. The Balaban J connectivity index is 2.05. The van der Waals surface area contributed by atoms with Gasteiger partial charge in [-0.25, -0.2) is 8.42 Å². The van der Waals surface area contributed by atoms with Crippen LogP contribution in [0.3, 0.4) is 0 Å². The Morgan fingerprint density at radius 1 is 1.14 bits per heavy atom. The van der Waals surface area contributed by atoms with Gasteiger partial charge in [-0.2, -0.15) is 0 Å². The minimum Gasteiger partial charge on any atom is -0.495 e. The number of nitrogens with zero attached hydrogens (tertiary/aromatic N) is 1. The zero-order chi connectivity index (χ0) is 21.6. The molecule has 7 nitrogen and oxygen atoms in total. The number of halogens is 2. The van der Waals surface area contributed by atoms with Crippen LogP contribution in [0.5, 0.6) is 11.5 Å². The molecule has 2 aromatic carbocycles. The van der Waals surface area contributed by atoms with Crippen molar-refractivity contribution in [3.05, 3.63) is 52.5 Å². The van der Waals surface area contributed by atoms with Crippen molar-refractivity contribution in [1.29, 1.82) is 0 Å². The summed E-state index contributed by atoms with van der Waals surface area (Å²) in [6, 6.07) is 10.5. The maximum Gasteiger partial charge on any atom is 0.243 e. The van der Waals surface area contributed by atoms with Gasteiger partial charge in [0.1, 0.15) is 24.1 Å². The third kappa shape index (κ3) is 6.16. The molecule has 1 N–H and O–H groups in total. The Bertz CT molecular complexity index is 969. The van der Waals surface area contributed by atoms with Crippen LogP contribution >= 0.6 is 23.2 Å². The monoisotopic (exact) mass is 460 g/mol. The Labute approximate surface area is 180 Å². The highest BCUT2D eigenvalue weighted by atomic mass is 35.5. The lowest BCUT2D eigenvalue weighted by molar-refractivity contribution is -0.121. The molecule has 0 radical (unpaired) electrons. The SMILES string of the molecule is COc1ccc(N(C(C)C(=O)NCCOc2ccccc2Cl)S(C)(=O)=O)cc1Cl. The van der Waals surface area contributed by atoms with Crippen LogP contribution in [0.4, 0.5) is 5.69 Å². The Hall–Kier alpha value is -2.16. The van der Waals surface area contributed by atoms with E-state index in [1.165, 1.54) is 32.2 Å². The van der Waals surface area contributed by atoms with E-state index in [2.05, 4.69) is 5.32 Å². The van der Waals surface area contributed by atoms with Crippen molar-refractivity contribution in [2.24, 2.45) is 0 Å². The first-order valence-electron chi connectivity index (χ1n) is 8.63. The third-order valence-corrected chi connectivity index (χ3v) is 5.82. The average Bonchev–Trinajstić information content (AvgIpc) is 2.65. The predicted octanol–water partition coefficient (Wildman–Crippen LogP) is 3.35. The van der Waals surface area contributed by atoms with E-state index in [1.54, 1.807) is 24.3 Å².